The van der Waals surface area contributed by atoms with Gasteiger partial charge in [0.1, 0.15) is 11.6 Å². The number of fused-ring (bicyclic) bond motifs is 1. The van der Waals surface area contributed by atoms with Crippen molar-refractivity contribution in [2.24, 2.45) is 0 Å². The van der Waals surface area contributed by atoms with Crippen LogP contribution in [0.3, 0.4) is 0 Å². The topological polar surface area (TPSA) is 32.3 Å². The molecule has 0 fully saturated rings. The predicted octanol–water partition coefficient (Wildman–Crippen LogP) is 4.81. The molecule has 0 bridgehead atoms. The Morgan fingerprint density at radius 1 is 1.14 bits per heavy atom. The Bertz CT molecular complexity index is 696. The maximum atomic E-state index is 13.7. The molecule has 3 rings (SSSR count). The van der Waals surface area contributed by atoms with E-state index >= 15 is 0 Å². The number of rotatable bonds is 2. The summed E-state index contributed by atoms with van der Waals surface area (Å²) in [6.07, 6.45) is 0.906. The molecule has 2 aromatic rings. The highest BCUT2D eigenvalue weighted by molar-refractivity contribution is 5.58. The van der Waals surface area contributed by atoms with Crippen molar-refractivity contribution in [3.8, 4) is 5.75 Å². The van der Waals surface area contributed by atoms with Crippen LogP contribution >= 0.6 is 0 Å². The van der Waals surface area contributed by atoms with Gasteiger partial charge < -0.3 is 10.4 Å². The van der Waals surface area contributed by atoms with E-state index in [-0.39, 0.29) is 11.9 Å². The third-order valence-corrected chi connectivity index (χ3v) is 4.51. The summed E-state index contributed by atoms with van der Waals surface area (Å²) in [4.78, 5) is 0. The lowest BCUT2D eigenvalue weighted by molar-refractivity contribution is 0.465. The highest BCUT2D eigenvalue weighted by Gasteiger charge is 2.32. The molecule has 2 atom stereocenters. The van der Waals surface area contributed by atoms with Crippen LogP contribution in [0.25, 0.3) is 0 Å². The molecule has 110 valence electrons. The van der Waals surface area contributed by atoms with E-state index in [0.717, 1.165) is 17.7 Å². The molecule has 0 amide bonds. The number of nitrogens with one attached hydrogen (secondary N) is 1. The minimum atomic E-state index is -0.209. The molecule has 21 heavy (non-hydrogen) atoms. The highest BCUT2D eigenvalue weighted by Crippen LogP contribution is 2.47. The fraction of sp³-hybridized carbons (Fsp3) is 0.333. The van der Waals surface area contributed by atoms with Crippen LogP contribution in [0.4, 0.5) is 10.1 Å². The van der Waals surface area contributed by atoms with Gasteiger partial charge in [-0.2, -0.15) is 0 Å². The van der Waals surface area contributed by atoms with Gasteiger partial charge in [-0.25, -0.2) is 4.39 Å². The molecule has 0 radical (unpaired) electrons. The monoisotopic (exact) mass is 285 g/mol. The van der Waals surface area contributed by atoms with Gasteiger partial charge in [-0.15, -0.1) is 0 Å². The summed E-state index contributed by atoms with van der Waals surface area (Å²) in [5.74, 6) is 0.504. The van der Waals surface area contributed by atoms with Crippen LogP contribution in [-0.4, -0.2) is 5.11 Å². The zero-order valence-electron chi connectivity index (χ0n) is 12.6. The Hall–Kier alpha value is -2.03. The van der Waals surface area contributed by atoms with Crippen molar-refractivity contribution in [1.29, 1.82) is 0 Å². The molecule has 2 aromatic carbocycles. The lowest BCUT2D eigenvalue weighted by atomic mass is 9.97. The summed E-state index contributed by atoms with van der Waals surface area (Å²) < 4.78 is 13.7. The molecular weight excluding hydrogens is 265 g/mol. The second-order valence-corrected chi connectivity index (χ2v) is 5.98. The van der Waals surface area contributed by atoms with Gasteiger partial charge in [-0.3, -0.25) is 0 Å². The average molecular weight is 285 g/mol. The molecule has 1 aliphatic carbocycles. The number of hydrogen-bond acceptors (Lipinski definition) is 2. The molecule has 2 unspecified atom stereocenters. The normalized spacial score (nSPS) is 20.4. The predicted molar refractivity (Wildman–Crippen MR) is 83.4 cm³/mol. The van der Waals surface area contributed by atoms with Crippen molar-refractivity contribution >= 4 is 5.69 Å². The SMILES string of the molecule is Cc1ccc(O)c2c1C(C)CC2Nc1cccc(F)c1C. The van der Waals surface area contributed by atoms with E-state index in [9.17, 15) is 9.50 Å². The lowest BCUT2D eigenvalue weighted by Gasteiger charge is -2.19. The van der Waals surface area contributed by atoms with E-state index in [0.29, 0.717) is 17.2 Å². The molecule has 0 spiro atoms. The maximum Gasteiger partial charge on any atom is 0.128 e. The first-order valence-corrected chi connectivity index (χ1v) is 7.33. The largest absolute Gasteiger partial charge is 0.508 e. The van der Waals surface area contributed by atoms with Crippen molar-refractivity contribution in [2.75, 3.05) is 5.32 Å². The fourth-order valence-corrected chi connectivity index (χ4v) is 3.43. The third kappa shape index (κ3) is 2.27. The highest BCUT2D eigenvalue weighted by atomic mass is 19.1. The van der Waals surface area contributed by atoms with Gasteiger partial charge >= 0.3 is 0 Å². The standard InChI is InChI=1S/C18H20FNO/c1-10-7-8-16(21)18-15(9-11(2)17(10)18)20-14-6-4-5-13(19)12(14)3/h4-8,11,15,20-21H,9H2,1-3H3. The van der Waals surface area contributed by atoms with E-state index in [4.69, 9.17) is 0 Å². The van der Waals surface area contributed by atoms with E-state index in [1.807, 2.05) is 12.1 Å². The van der Waals surface area contributed by atoms with Gasteiger partial charge in [0, 0.05) is 16.8 Å². The minimum Gasteiger partial charge on any atom is -0.508 e. The van der Waals surface area contributed by atoms with E-state index in [2.05, 4.69) is 19.2 Å². The van der Waals surface area contributed by atoms with E-state index < -0.39 is 0 Å². The van der Waals surface area contributed by atoms with Crippen LogP contribution in [0, 0.1) is 19.7 Å². The molecule has 0 aromatic heterocycles. The number of aryl methyl sites for hydroxylation is 1. The smallest absolute Gasteiger partial charge is 0.128 e. The van der Waals surface area contributed by atoms with Crippen LogP contribution in [0.15, 0.2) is 30.3 Å². The van der Waals surface area contributed by atoms with Gasteiger partial charge in [0.2, 0.25) is 0 Å². The van der Waals surface area contributed by atoms with Crippen molar-refractivity contribution in [2.45, 2.75) is 39.2 Å². The molecule has 0 saturated heterocycles. The van der Waals surface area contributed by atoms with Gasteiger partial charge in [-0.1, -0.05) is 19.1 Å². The Morgan fingerprint density at radius 3 is 2.67 bits per heavy atom. The first kappa shape index (κ1) is 13.9. The Morgan fingerprint density at radius 2 is 1.90 bits per heavy atom. The molecule has 0 aliphatic heterocycles. The van der Waals surface area contributed by atoms with E-state index in [1.165, 1.54) is 17.2 Å². The number of hydrogen-bond donors (Lipinski definition) is 2. The number of aromatic hydroxyl groups is 1. The third-order valence-electron chi connectivity index (χ3n) is 4.51. The number of anilines is 1. The van der Waals surface area contributed by atoms with Crippen LogP contribution in [0.1, 0.15) is 47.6 Å². The van der Waals surface area contributed by atoms with Crippen LogP contribution in [0.2, 0.25) is 0 Å². The van der Waals surface area contributed by atoms with Crippen LogP contribution in [0.5, 0.6) is 5.75 Å². The Balaban J connectivity index is 2.00. The van der Waals surface area contributed by atoms with Crippen molar-refractivity contribution < 1.29 is 9.50 Å². The molecule has 2 N–H and O–H groups in total. The Labute approximate surface area is 124 Å². The molecule has 0 heterocycles. The van der Waals surface area contributed by atoms with Gasteiger partial charge in [0.15, 0.2) is 0 Å². The molecule has 3 heteroatoms. The summed E-state index contributed by atoms with van der Waals surface area (Å²) in [5, 5.41) is 13.6. The summed E-state index contributed by atoms with van der Waals surface area (Å²) in [7, 11) is 0. The number of halogens is 1. The van der Waals surface area contributed by atoms with Crippen molar-refractivity contribution in [3.63, 3.8) is 0 Å². The first-order chi connectivity index (χ1) is 9.99. The quantitative estimate of drug-likeness (QED) is 0.830. The summed E-state index contributed by atoms with van der Waals surface area (Å²) in [6.45, 7) is 6.02. The van der Waals surface area contributed by atoms with Crippen LogP contribution in [-0.2, 0) is 0 Å². The second-order valence-electron chi connectivity index (χ2n) is 5.98. The zero-order valence-corrected chi connectivity index (χ0v) is 12.6. The summed E-state index contributed by atoms with van der Waals surface area (Å²) in [5.41, 5.74) is 4.80. The van der Waals surface area contributed by atoms with Crippen LogP contribution < -0.4 is 5.32 Å². The molecule has 1 aliphatic rings. The van der Waals surface area contributed by atoms with Crippen molar-refractivity contribution in [1.82, 2.24) is 0 Å². The van der Waals surface area contributed by atoms with E-state index in [1.54, 1.807) is 19.1 Å². The number of benzene rings is 2. The Kier molecular flexibility index (Phi) is 3.36. The maximum absolute atomic E-state index is 13.7. The molecule has 0 saturated carbocycles. The molecule has 2 nitrogen and oxygen atoms in total. The van der Waals surface area contributed by atoms with Crippen molar-refractivity contribution in [3.05, 3.63) is 58.4 Å². The summed E-state index contributed by atoms with van der Waals surface area (Å²) >= 11 is 0. The minimum absolute atomic E-state index is 0.0235. The number of phenolic OH excluding ortho intramolecular Hbond substituents is 1. The average Bonchev–Trinajstić information content (AvgIpc) is 2.77. The van der Waals surface area contributed by atoms with Gasteiger partial charge in [-0.05, 0) is 55.5 Å². The summed E-state index contributed by atoms with van der Waals surface area (Å²) in [6, 6.07) is 8.79. The lowest BCUT2D eigenvalue weighted by Crippen LogP contribution is -2.09. The first-order valence-electron chi connectivity index (χ1n) is 7.33. The second kappa shape index (κ2) is 5.06. The zero-order chi connectivity index (χ0) is 15.1. The van der Waals surface area contributed by atoms with Gasteiger partial charge in [0.25, 0.3) is 0 Å². The molecular formula is C18H20FNO. The van der Waals surface area contributed by atoms with Gasteiger partial charge in [0.05, 0.1) is 6.04 Å². The number of phenols is 1. The fourth-order valence-electron chi connectivity index (χ4n) is 3.43.